The van der Waals surface area contributed by atoms with Crippen LogP contribution in [0.15, 0.2) is 23.1 Å². The Kier molecular flexibility index (Phi) is 4.94. The third-order valence-electron chi connectivity index (χ3n) is 2.55. The van der Waals surface area contributed by atoms with Crippen molar-refractivity contribution < 1.29 is 13.2 Å². The molecule has 0 saturated heterocycles. The molecule has 19 heavy (non-hydrogen) atoms. The summed E-state index contributed by atoms with van der Waals surface area (Å²) >= 11 is 0. The summed E-state index contributed by atoms with van der Waals surface area (Å²) in [6.07, 6.45) is -0.0617. The van der Waals surface area contributed by atoms with Crippen molar-refractivity contribution in [2.24, 2.45) is 0 Å². The van der Waals surface area contributed by atoms with Gasteiger partial charge in [0.25, 0.3) is 0 Å². The third-order valence-corrected chi connectivity index (χ3v) is 4.33. The van der Waals surface area contributed by atoms with E-state index >= 15 is 0 Å². The number of anilines is 1. The van der Waals surface area contributed by atoms with Gasteiger partial charge in [-0.1, -0.05) is 6.07 Å². The lowest BCUT2D eigenvalue weighted by Gasteiger charge is -2.10. The number of nitrogens with two attached hydrogens (primary N) is 1. The summed E-state index contributed by atoms with van der Waals surface area (Å²) in [7, 11) is -3.52. The molecule has 0 aliphatic rings. The first-order valence-electron chi connectivity index (χ1n) is 6.10. The number of aryl methyl sites for hydroxylation is 1. The van der Waals surface area contributed by atoms with Gasteiger partial charge >= 0.3 is 0 Å². The highest BCUT2D eigenvalue weighted by Gasteiger charge is 2.19. The number of carbonyl (C=O) groups is 1. The zero-order valence-corrected chi connectivity index (χ0v) is 12.3. The Hall–Kier alpha value is -1.56. The van der Waals surface area contributed by atoms with E-state index in [9.17, 15) is 13.2 Å². The van der Waals surface area contributed by atoms with Crippen LogP contribution in [0, 0.1) is 6.92 Å². The van der Waals surface area contributed by atoms with Gasteiger partial charge in [-0.25, -0.2) is 8.42 Å². The van der Waals surface area contributed by atoms with Crippen LogP contribution < -0.4 is 11.1 Å². The summed E-state index contributed by atoms with van der Waals surface area (Å²) < 4.78 is 24.2. The molecular weight excluding hydrogens is 264 g/mol. The van der Waals surface area contributed by atoms with Crippen LogP contribution in [-0.2, 0) is 14.6 Å². The minimum atomic E-state index is -3.52. The van der Waals surface area contributed by atoms with Crippen LogP contribution >= 0.6 is 0 Å². The van der Waals surface area contributed by atoms with Gasteiger partial charge in [0.1, 0.15) is 0 Å². The first-order valence-corrected chi connectivity index (χ1v) is 7.76. The number of amides is 1. The smallest absolute Gasteiger partial charge is 0.221 e. The minimum absolute atomic E-state index is 0.000326. The second-order valence-electron chi connectivity index (χ2n) is 4.83. The molecule has 0 heterocycles. The third kappa shape index (κ3) is 4.55. The molecule has 1 rings (SSSR count). The van der Waals surface area contributed by atoms with Gasteiger partial charge in [-0.05, 0) is 38.5 Å². The standard InChI is InChI=1S/C13H20N2O3S/c1-9(2)15-13(16)6-7-19(17,18)12-5-4-10(3)8-11(12)14/h4-5,8-9H,6-7,14H2,1-3H3,(H,15,16). The highest BCUT2D eigenvalue weighted by atomic mass is 32.2. The highest BCUT2D eigenvalue weighted by Crippen LogP contribution is 2.21. The largest absolute Gasteiger partial charge is 0.398 e. The Bertz CT molecular complexity index is 565. The molecule has 0 aromatic heterocycles. The fourth-order valence-corrected chi connectivity index (χ4v) is 3.05. The molecular formula is C13H20N2O3S. The normalized spacial score (nSPS) is 11.6. The maximum atomic E-state index is 12.1. The number of nitrogen functional groups attached to an aromatic ring is 1. The van der Waals surface area contributed by atoms with Crippen LogP contribution in [0.25, 0.3) is 0 Å². The van der Waals surface area contributed by atoms with Crippen LogP contribution in [-0.4, -0.2) is 26.1 Å². The Morgan fingerprint density at radius 1 is 1.37 bits per heavy atom. The van der Waals surface area contributed by atoms with E-state index in [0.29, 0.717) is 0 Å². The number of sulfone groups is 1. The van der Waals surface area contributed by atoms with Crippen molar-refractivity contribution in [1.82, 2.24) is 5.32 Å². The van der Waals surface area contributed by atoms with Crippen molar-refractivity contribution in [3.8, 4) is 0 Å². The molecule has 0 saturated carbocycles. The molecule has 0 radical (unpaired) electrons. The fourth-order valence-electron chi connectivity index (χ4n) is 1.68. The maximum Gasteiger partial charge on any atom is 0.221 e. The second kappa shape index (κ2) is 6.06. The molecule has 106 valence electrons. The van der Waals surface area contributed by atoms with Crippen molar-refractivity contribution in [2.75, 3.05) is 11.5 Å². The predicted molar refractivity (Wildman–Crippen MR) is 75.5 cm³/mol. The van der Waals surface area contributed by atoms with E-state index < -0.39 is 9.84 Å². The summed E-state index contributed by atoms with van der Waals surface area (Å²) in [4.78, 5) is 11.6. The van der Waals surface area contributed by atoms with Gasteiger partial charge in [0, 0.05) is 12.5 Å². The fraction of sp³-hybridized carbons (Fsp3) is 0.462. The topological polar surface area (TPSA) is 89.3 Å². The van der Waals surface area contributed by atoms with Crippen LogP contribution in [0.1, 0.15) is 25.8 Å². The van der Waals surface area contributed by atoms with Gasteiger partial charge in [-0.3, -0.25) is 4.79 Å². The molecule has 0 atom stereocenters. The summed E-state index contributed by atoms with van der Waals surface area (Å²) in [5, 5.41) is 2.66. The Morgan fingerprint density at radius 3 is 2.53 bits per heavy atom. The van der Waals surface area contributed by atoms with Gasteiger partial charge in [0.2, 0.25) is 5.91 Å². The molecule has 0 aliphatic carbocycles. The number of hydrogen-bond acceptors (Lipinski definition) is 4. The monoisotopic (exact) mass is 284 g/mol. The molecule has 0 unspecified atom stereocenters. The lowest BCUT2D eigenvalue weighted by molar-refractivity contribution is -0.121. The van der Waals surface area contributed by atoms with Crippen LogP contribution in [0.3, 0.4) is 0 Å². The van der Waals surface area contributed by atoms with Gasteiger partial charge in [-0.15, -0.1) is 0 Å². The number of hydrogen-bond donors (Lipinski definition) is 2. The van der Waals surface area contributed by atoms with E-state index in [0.717, 1.165) is 5.56 Å². The molecule has 0 fully saturated rings. The van der Waals surface area contributed by atoms with Gasteiger partial charge in [0.05, 0.1) is 16.3 Å². The van der Waals surface area contributed by atoms with Gasteiger partial charge in [0.15, 0.2) is 9.84 Å². The molecule has 5 nitrogen and oxygen atoms in total. The molecule has 1 amide bonds. The van der Waals surface area contributed by atoms with Gasteiger partial charge < -0.3 is 11.1 Å². The average molecular weight is 284 g/mol. The van der Waals surface area contributed by atoms with E-state index in [1.165, 1.54) is 6.07 Å². The van der Waals surface area contributed by atoms with Crippen molar-refractivity contribution in [3.63, 3.8) is 0 Å². The van der Waals surface area contributed by atoms with Crippen molar-refractivity contribution >= 4 is 21.4 Å². The minimum Gasteiger partial charge on any atom is -0.398 e. The Balaban J connectivity index is 2.79. The van der Waals surface area contributed by atoms with Gasteiger partial charge in [-0.2, -0.15) is 0 Å². The highest BCUT2D eigenvalue weighted by molar-refractivity contribution is 7.91. The number of benzene rings is 1. The van der Waals surface area contributed by atoms with Crippen molar-refractivity contribution in [3.05, 3.63) is 23.8 Å². The zero-order valence-electron chi connectivity index (χ0n) is 11.4. The van der Waals surface area contributed by atoms with E-state index in [1.54, 1.807) is 12.1 Å². The van der Waals surface area contributed by atoms with Crippen LogP contribution in [0.4, 0.5) is 5.69 Å². The lowest BCUT2D eigenvalue weighted by atomic mass is 10.2. The lowest BCUT2D eigenvalue weighted by Crippen LogP contribution is -2.31. The van der Waals surface area contributed by atoms with Crippen LogP contribution in [0.5, 0.6) is 0 Å². The molecule has 1 aromatic carbocycles. The molecule has 6 heteroatoms. The molecule has 1 aromatic rings. The number of nitrogens with one attached hydrogen (secondary N) is 1. The summed E-state index contributed by atoms with van der Waals surface area (Å²) in [6, 6.07) is 4.79. The molecule has 3 N–H and O–H groups in total. The number of rotatable bonds is 5. The van der Waals surface area contributed by atoms with E-state index in [4.69, 9.17) is 5.73 Å². The van der Waals surface area contributed by atoms with E-state index in [1.807, 2.05) is 20.8 Å². The SMILES string of the molecule is Cc1ccc(S(=O)(=O)CCC(=O)NC(C)C)c(N)c1. The van der Waals surface area contributed by atoms with E-state index in [2.05, 4.69) is 5.32 Å². The summed E-state index contributed by atoms with van der Waals surface area (Å²) in [5.41, 5.74) is 6.84. The molecule has 0 spiro atoms. The van der Waals surface area contributed by atoms with E-state index in [-0.39, 0.29) is 34.7 Å². The average Bonchev–Trinajstić information content (AvgIpc) is 2.25. The summed E-state index contributed by atoms with van der Waals surface area (Å²) in [5.74, 6) is -0.511. The second-order valence-corrected chi connectivity index (χ2v) is 6.91. The zero-order chi connectivity index (χ0) is 14.6. The van der Waals surface area contributed by atoms with Crippen molar-refractivity contribution in [1.29, 1.82) is 0 Å². The van der Waals surface area contributed by atoms with Crippen molar-refractivity contribution in [2.45, 2.75) is 38.1 Å². The maximum absolute atomic E-state index is 12.1. The number of carbonyl (C=O) groups excluding carboxylic acids is 1. The predicted octanol–water partition coefficient (Wildman–Crippen LogP) is 1.27. The Morgan fingerprint density at radius 2 is 2.00 bits per heavy atom. The summed E-state index contributed by atoms with van der Waals surface area (Å²) in [6.45, 7) is 5.48. The first-order chi connectivity index (χ1) is 8.72. The quantitative estimate of drug-likeness (QED) is 0.797. The van der Waals surface area contributed by atoms with Crippen LogP contribution in [0.2, 0.25) is 0 Å². The Labute approximate surface area is 114 Å². The molecule has 0 bridgehead atoms. The first kappa shape index (κ1) is 15.5. The molecule has 0 aliphatic heterocycles.